The molecule has 9 N–H and O–H groups in total. The van der Waals surface area contributed by atoms with Crippen molar-refractivity contribution in [2.24, 2.45) is 17.4 Å². The summed E-state index contributed by atoms with van der Waals surface area (Å²) < 4.78 is 0. The molecule has 240 valence electrons. The van der Waals surface area contributed by atoms with Gasteiger partial charge in [-0.25, -0.2) is 0 Å². The van der Waals surface area contributed by atoms with Crippen molar-refractivity contribution >= 4 is 34.5 Å². The molecular weight excluding hydrogens is 584 g/mol. The third kappa shape index (κ3) is 8.10. The molecule has 4 amide bonds. The van der Waals surface area contributed by atoms with Gasteiger partial charge in [-0.1, -0.05) is 67.1 Å². The van der Waals surface area contributed by atoms with E-state index >= 15 is 0 Å². The number of benzene rings is 3. The number of carbonyl (C=O) groups excluding carboxylic acids is 4. The van der Waals surface area contributed by atoms with Crippen LogP contribution < -0.4 is 27.4 Å². The lowest BCUT2D eigenvalue weighted by molar-refractivity contribution is -0.133. The van der Waals surface area contributed by atoms with E-state index < -0.39 is 41.9 Å². The minimum Gasteiger partial charge on any atom is -0.508 e. The molecule has 1 aliphatic rings. The Balaban J connectivity index is 1.26. The van der Waals surface area contributed by atoms with Crippen molar-refractivity contribution in [2.45, 2.75) is 62.7 Å². The maximum atomic E-state index is 13.7. The van der Waals surface area contributed by atoms with Crippen LogP contribution in [0, 0.1) is 5.92 Å². The summed E-state index contributed by atoms with van der Waals surface area (Å²) in [6.45, 7) is 0. The average Bonchev–Trinajstić information content (AvgIpc) is 3.69. The Labute approximate surface area is 267 Å². The summed E-state index contributed by atoms with van der Waals surface area (Å²) in [5, 5.41) is 19.1. The number of aromatic amines is 1. The van der Waals surface area contributed by atoms with Crippen LogP contribution in [0.2, 0.25) is 0 Å². The lowest BCUT2D eigenvalue weighted by Gasteiger charge is -2.26. The van der Waals surface area contributed by atoms with Gasteiger partial charge in [0.2, 0.25) is 23.6 Å². The zero-order valence-electron chi connectivity index (χ0n) is 25.4. The molecule has 1 fully saturated rings. The van der Waals surface area contributed by atoms with Crippen LogP contribution in [-0.4, -0.2) is 57.9 Å². The van der Waals surface area contributed by atoms with E-state index in [4.69, 9.17) is 11.5 Å². The molecule has 0 radical (unpaired) electrons. The largest absolute Gasteiger partial charge is 0.508 e. The van der Waals surface area contributed by atoms with Crippen LogP contribution in [0.25, 0.3) is 10.9 Å². The van der Waals surface area contributed by atoms with Gasteiger partial charge in [0.25, 0.3) is 0 Å². The zero-order valence-corrected chi connectivity index (χ0v) is 25.4. The number of para-hydroxylation sites is 1. The summed E-state index contributed by atoms with van der Waals surface area (Å²) in [4.78, 5) is 56.0. The Morgan fingerprint density at radius 1 is 0.804 bits per heavy atom. The molecular formula is C35H40N6O5. The second kappa shape index (κ2) is 14.7. The second-order valence-corrected chi connectivity index (χ2v) is 11.9. The maximum absolute atomic E-state index is 13.7. The third-order valence-electron chi connectivity index (χ3n) is 8.58. The number of nitrogens with one attached hydrogen (secondary N) is 4. The number of primary amides is 1. The van der Waals surface area contributed by atoms with Crippen molar-refractivity contribution in [1.29, 1.82) is 0 Å². The molecule has 1 saturated carbocycles. The molecule has 0 aliphatic heterocycles. The van der Waals surface area contributed by atoms with Gasteiger partial charge in [0.15, 0.2) is 0 Å². The van der Waals surface area contributed by atoms with Gasteiger partial charge in [0.1, 0.15) is 17.8 Å². The highest BCUT2D eigenvalue weighted by Crippen LogP contribution is 2.26. The highest BCUT2D eigenvalue weighted by atomic mass is 16.3. The van der Waals surface area contributed by atoms with E-state index in [1.807, 2.05) is 54.6 Å². The summed E-state index contributed by atoms with van der Waals surface area (Å²) in [6, 6.07) is 20.1. The number of hydrogen-bond donors (Lipinski definition) is 7. The summed E-state index contributed by atoms with van der Waals surface area (Å²) in [5.41, 5.74) is 15.3. The zero-order chi connectivity index (χ0) is 32.6. The molecule has 0 spiro atoms. The van der Waals surface area contributed by atoms with E-state index in [2.05, 4.69) is 20.9 Å². The Kier molecular flexibility index (Phi) is 10.3. The van der Waals surface area contributed by atoms with Crippen molar-refractivity contribution < 1.29 is 24.3 Å². The number of nitrogens with two attached hydrogens (primary N) is 2. The standard InChI is InChI=1S/C35H40N6O5/c36-27(17-22-13-15-24(42)16-14-22)34(45)39-29-12-6-10-26(29)33(44)41-31(18-21-7-2-1-3-8-21)35(46)40-30(32(37)43)19-23-20-38-28-11-5-4-9-25(23)28/h1-5,7-9,11,13-16,20,26-27,29-31,38,42H,6,10,12,17-19,36H2,(H2,37,43)(H,39,45)(H,40,46)(H,41,44)/t26-,27+,29+,30+,31+/m1/s1. The molecule has 5 atom stereocenters. The molecule has 11 heteroatoms. The van der Waals surface area contributed by atoms with Crippen LogP contribution in [0.4, 0.5) is 0 Å². The first kappa shape index (κ1) is 32.2. The molecule has 5 rings (SSSR count). The number of phenols is 1. The average molecular weight is 625 g/mol. The predicted molar refractivity (Wildman–Crippen MR) is 174 cm³/mol. The summed E-state index contributed by atoms with van der Waals surface area (Å²) >= 11 is 0. The van der Waals surface area contributed by atoms with Crippen LogP contribution in [0.1, 0.15) is 36.0 Å². The highest BCUT2D eigenvalue weighted by Gasteiger charge is 2.37. The molecule has 0 bridgehead atoms. The van der Waals surface area contributed by atoms with Gasteiger partial charge in [0.05, 0.1) is 12.0 Å². The fourth-order valence-corrected chi connectivity index (χ4v) is 6.07. The van der Waals surface area contributed by atoms with Gasteiger partial charge in [-0.15, -0.1) is 0 Å². The van der Waals surface area contributed by atoms with Gasteiger partial charge < -0.3 is 37.5 Å². The number of aromatic hydroxyl groups is 1. The van der Waals surface area contributed by atoms with Crippen molar-refractivity contribution in [3.63, 3.8) is 0 Å². The Hall–Kier alpha value is -5.16. The molecule has 1 heterocycles. The number of carbonyl (C=O) groups is 4. The molecule has 1 aromatic heterocycles. The summed E-state index contributed by atoms with van der Waals surface area (Å²) in [6.07, 6.45) is 4.29. The number of hydrogen-bond acceptors (Lipinski definition) is 6. The van der Waals surface area contributed by atoms with Crippen molar-refractivity contribution in [2.75, 3.05) is 0 Å². The summed E-state index contributed by atoms with van der Waals surface area (Å²) in [5.74, 6) is -2.40. The number of rotatable bonds is 13. The van der Waals surface area contributed by atoms with Crippen molar-refractivity contribution in [3.05, 3.63) is 102 Å². The number of H-pyrrole nitrogens is 1. The monoisotopic (exact) mass is 624 g/mol. The number of phenolic OH excluding ortho intramolecular Hbond substituents is 1. The SMILES string of the molecule is NC(=O)[C@H](Cc1c[nH]c2ccccc12)NC(=O)[C@H](Cc1ccccc1)NC(=O)[C@@H]1CCC[C@@H]1NC(=O)[C@@H](N)Cc1ccc(O)cc1. The maximum Gasteiger partial charge on any atom is 0.243 e. The topological polar surface area (TPSA) is 192 Å². The molecule has 11 nitrogen and oxygen atoms in total. The first-order valence-electron chi connectivity index (χ1n) is 15.5. The minimum absolute atomic E-state index is 0.125. The van der Waals surface area contributed by atoms with Gasteiger partial charge >= 0.3 is 0 Å². The predicted octanol–water partition coefficient (Wildman–Crippen LogP) is 1.97. The second-order valence-electron chi connectivity index (χ2n) is 11.9. The smallest absolute Gasteiger partial charge is 0.243 e. The Bertz CT molecular complexity index is 1670. The van der Waals surface area contributed by atoms with Crippen LogP contribution in [-0.2, 0) is 38.4 Å². The van der Waals surface area contributed by atoms with Crippen LogP contribution >= 0.6 is 0 Å². The van der Waals surface area contributed by atoms with Crippen LogP contribution in [0.15, 0.2) is 85.1 Å². The minimum atomic E-state index is -1.00. The van der Waals surface area contributed by atoms with E-state index in [0.717, 1.165) is 34.0 Å². The van der Waals surface area contributed by atoms with Gasteiger partial charge in [0, 0.05) is 36.0 Å². The third-order valence-corrected chi connectivity index (χ3v) is 8.58. The van der Waals surface area contributed by atoms with E-state index in [0.29, 0.717) is 12.8 Å². The van der Waals surface area contributed by atoms with Gasteiger partial charge in [-0.3, -0.25) is 19.2 Å². The fourth-order valence-electron chi connectivity index (χ4n) is 6.07. The normalized spacial score (nSPS) is 17.9. The van der Waals surface area contributed by atoms with Crippen LogP contribution in [0.5, 0.6) is 5.75 Å². The Morgan fingerprint density at radius 2 is 1.50 bits per heavy atom. The number of fused-ring (bicyclic) bond motifs is 1. The molecule has 0 unspecified atom stereocenters. The molecule has 4 aromatic rings. The molecule has 46 heavy (non-hydrogen) atoms. The van der Waals surface area contributed by atoms with E-state index in [1.54, 1.807) is 18.3 Å². The lowest BCUT2D eigenvalue weighted by Crippen LogP contribution is -2.56. The van der Waals surface area contributed by atoms with Gasteiger partial charge in [-0.05, 0) is 54.2 Å². The Morgan fingerprint density at radius 3 is 2.24 bits per heavy atom. The quantitative estimate of drug-likeness (QED) is 0.119. The van der Waals surface area contributed by atoms with Gasteiger partial charge in [-0.2, -0.15) is 0 Å². The molecule has 0 saturated heterocycles. The first-order valence-corrected chi connectivity index (χ1v) is 15.5. The van der Waals surface area contributed by atoms with Crippen molar-refractivity contribution in [1.82, 2.24) is 20.9 Å². The summed E-state index contributed by atoms with van der Waals surface area (Å²) in [7, 11) is 0. The first-order chi connectivity index (χ1) is 22.2. The van der Waals surface area contributed by atoms with E-state index in [9.17, 15) is 24.3 Å². The number of aromatic nitrogens is 1. The lowest BCUT2D eigenvalue weighted by atomic mass is 9.98. The van der Waals surface area contributed by atoms with E-state index in [-0.39, 0.29) is 36.8 Å². The van der Waals surface area contributed by atoms with Crippen molar-refractivity contribution in [3.8, 4) is 5.75 Å². The molecule has 3 aromatic carbocycles. The fraction of sp³-hybridized carbons (Fsp3) is 0.314. The highest BCUT2D eigenvalue weighted by molar-refractivity contribution is 5.93. The molecule has 1 aliphatic carbocycles. The number of amides is 4. The van der Waals surface area contributed by atoms with E-state index in [1.165, 1.54) is 12.1 Å². The van der Waals surface area contributed by atoms with Crippen LogP contribution in [0.3, 0.4) is 0 Å².